The smallest absolute Gasteiger partial charge is 0.0748 e. The summed E-state index contributed by atoms with van der Waals surface area (Å²) in [4.78, 5) is 9.40. The van der Waals surface area contributed by atoms with E-state index in [0.29, 0.717) is 0 Å². The fourth-order valence-electron chi connectivity index (χ4n) is 9.84. The largest absolute Gasteiger partial charge is 0.310 e. The molecular weight excluding hydrogens is 631 g/mol. The summed E-state index contributed by atoms with van der Waals surface area (Å²) in [5.41, 5.74) is 16.0. The van der Waals surface area contributed by atoms with Gasteiger partial charge >= 0.3 is 0 Å². The average molecular weight is 664 g/mol. The third-order valence-electron chi connectivity index (χ3n) is 11.6. The maximum absolute atomic E-state index is 4.56. The predicted molar refractivity (Wildman–Crippen MR) is 211 cm³/mol. The van der Waals surface area contributed by atoms with Gasteiger partial charge in [0.15, 0.2) is 0 Å². The SMILES string of the molecule is c1ccc(N2c3ccccc3C3(c4ccccc42)c2ccccc2C2(c4ccccc4N(c4cccnc4)c4ccccc42)c2ccccc23)cc1. The van der Waals surface area contributed by atoms with Crippen LogP contribution in [0.5, 0.6) is 0 Å². The monoisotopic (exact) mass is 663 g/mol. The van der Waals surface area contributed by atoms with Gasteiger partial charge in [0.05, 0.1) is 45.5 Å². The lowest BCUT2D eigenvalue weighted by Gasteiger charge is -2.56. The second kappa shape index (κ2) is 10.9. The first-order valence-corrected chi connectivity index (χ1v) is 18.0. The highest BCUT2D eigenvalue weighted by Crippen LogP contribution is 2.67. The van der Waals surface area contributed by atoms with Crippen LogP contribution in [0.4, 0.5) is 34.1 Å². The van der Waals surface area contributed by atoms with E-state index in [-0.39, 0.29) is 0 Å². The summed E-state index contributed by atoms with van der Waals surface area (Å²) in [6.45, 7) is 0. The van der Waals surface area contributed by atoms with Crippen LogP contribution in [0.3, 0.4) is 0 Å². The molecule has 1 aromatic heterocycles. The van der Waals surface area contributed by atoms with Gasteiger partial charge in [-0.05, 0) is 93.0 Å². The molecule has 0 bridgehead atoms. The summed E-state index contributed by atoms with van der Waals surface area (Å²) in [5.74, 6) is 0. The van der Waals surface area contributed by atoms with E-state index in [1.54, 1.807) is 0 Å². The standard InChI is InChI=1S/C49H33N3/c1-2-17-34(18-3-1)51-44-28-12-8-24-40(44)48(41-25-9-13-29-45(41)51)36-20-4-6-22-38(36)49(39-23-7-5-21-37(39)48)42-26-10-14-30-46(42)52(35-19-16-32-50-33-35)47-31-15-11-27-43(47)49/h1-33H. The molecule has 0 amide bonds. The lowest BCUT2D eigenvalue weighted by atomic mass is 9.49. The van der Waals surface area contributed by atoms with Gasteiger partial charge in [-0.2, -0.15) is 0 Å². The van der Waals surface area contributed by atoms with Gasteiger partial charge in [0.25, 0.3) is 0 Å². The summed E-state index contributed by atoms with van der Waals surface area (Å²) in [6, 6.07) is 69.6. The van der Waals surface area contributed by atoms with Crippen molar-refractivity contribution in [1.29, 1.82) is 0 Å². The van der Waals surface area contributed by atoms with Crippen LogP contribution in [0.15, 0.2) is 200 Å². The van der Waals surface area contributed by atoms with Crippen LogP contribution in [0, 0.1) is 0 Å². The van der Waals surface area contributed by atoms with Crippen molar-refractivity contribution in [2.75, 3.05) is 9.80 Å². The van der Waals surface area contributed by atoms with Crippen molar-refractivity contribution >= 4 is 34.1 Å². The summed E-state index contributed by atoms with van der Waals surface area (Å²) in [7, 11) is 0. The number of pyridine rings is 1. The van der Waals surface area contributed by atoms with Gasteiger partial charge in [0, 0.05) is 11.9 Å². The van der Waals surface area contributed by atoms with Gasteiger partial charge in [0.2, 0.25) is 0 Å². The Morgan fingerprint density at radius 3 is 0.962 bits per heavy atom. The van der Waals surface area contributed by atoms with Crippen LogP contribution in [0.1, 0.15) is 44.5 Å². The molecule has 3 aliphatic rings. The van der Waals surface area contributed by atoms with Gasteiger partial charge in [-0.3, -0.25) is 4.98 Å². The van der Waals surface area contributed by atoms with Gasteiger partial charge in [-0.15, -0.1) is 0 Å². The van der Waals surface area contributed by atoms with E-state index in [2.05, 4.69) is 197 Å². The van der Waals surface area contributed by atoms with Crippen LogP contribution in [-0.4, -0.2) is 4.98 Å². The van der Waals surface area contributed by atoms with Gasteiger partial charge in [0.1, 0.15) is 0 Å². The molecule has 0 radical (unpaired) electrons. The molecule has 3 nitrogen and oxygen atoms in total. The molecule has 2 aliphatic heterocycles. The number of hydrogen-bond donors (Lipinski definition) is 0. The fraction of sp³-hybridized carbons (Fsp3) is 0.0408. The molecule has 11 rings (SSSR count). The molecule has 1 aliphatic carbocycles. The number of para-hydroxylation sites is 5. The zero-order chi connectivity index (χ0) is 34.3. The summed E-state index contributed by atoms with van der Waals surface area (Å²) < 4.78 is 0. The van der Waals surface area contributed by atoms with Crippen LogP contribution >= 0.6 is 0 Å². The highest BCUT2D eigenvalue weighted by atomic mass is 15.2. The molecule has 0 fully saturated rings. The number of rotatable bonds is 2. The normalized spacial score (nSPS) is 15.2. The average Bonchev–Trinajstić information content (AvgIpc) is 3.23. The van der Waals surface area contributed by atoms with Crippen molar-refractivity contribution < 1.29 is 0 Å². The van der Waals surface area contributed by atoms with E-state index in [0.717, 1.165) is 22.7 Å². The van der Waals surface area contributed by atoms with E-state index in [1.807, 2.05) is 18.5 Å². The molecule has 3 heterocycles. The summed E-state index contributed by atoms with van der Waals surface area (Å²) in [5, 5.41) is 0. The Morgan fingerprint density at radius 1 is 0.288 bits per heavy atom. The van der Waals surface area contributed by atoms with E-state index in [1.165, 1.54) is 55.9 Å². The Hall–Kier alpha value is -6.71. The van der Waals surface area contributed by atoms with Crippen molar-refractivity contribution in [3.8, 4) is 0 Å². The van der Waals surface area contributed by atoms with E-state index in [4.69, 9.17) is 0 Å². The van der Waals surface area contributed by atoms with Crippen molar-refractivity contribution in [1.82, 2.24) is 4.98 Å². The zero-order valence-corrected chi connectivity index (χ0v) is 28.4. The highest BCUT2D eigenvalue weighted by Gasteiger charge is 2.58. The van der Waals surface area contributed by atoms with Crippen LogP contribution < -0.4 is 9.80 Å². The number of aromatic nitrogens is 1. The maximum atomic E-state index is 4.56. The molecule has 3 heteroatoms. The van der Waals surface area contributed by atoms with Crippen LogP contribution in [0.25, 0.3) is 0 Å². The molecule has 244 valence electrons. The quantitative estimate of drug-likeness (QED) is 0.183. The highest BCUT2D eigenvalue weighted by molar-refractivity contribution is 5.95. The lowest BCUT2D eigenvalue weighted by molar-refractivity contribution is 0.607. The van der Waals surface area contributed by atoms with Crippen molar-refractivity contribution in [2.45, 2.75) is 10.8 Å². The molecule has 0 unspecified atom stereocenters. The van der Waals surface area contributed by atoms with Crippen molar-refractivity contribution in [3.05, 3.63) is 245 Å². The number of anilines is 6. The molecule has 0 saturated carbocycles. The predicted octanol–water partition coefficient (Wildman–Crippen LogP) is 11.7. The van der Waals surface area contributed by atoms with Crippen molar-refractivity contribution in [3.63, 3.8) is 0 Å². The number of fused-ring (bicyclic) bond motifs is 14. The Balaban J connectivity index is 1.31. The second-order valence-corrected chi connectivity index (χ2v) is 13.9. The minimum Gasteiger partial charge on any atom is -0.310 e. The first-order chi connectivity index (χ1) is 25.8. The van der Waals surface area contributed by atoms with Crippen LogP contribution in [-0.2, 0) is 10.8 Å². The van der Waals surface area contributed by atoms with Crippen molar-refractivity contribution in [2.24, 2.45) is 0 Å². The number of hydrogen-bond acceptors (Lipinski definition) is 3. The molecule has 0 atom stereocenters. The third kappa shape index (κ3) is 3.57. The molecule has 7 aromatic carbocycles. The van der Waals surface area contributed by atoms with Gasteiger partial charge in [-0.1, -0.05) is 140 Å². The number of benzene rings is 7. The Kier molecular flexibility index (Phi) is 6.09. The molecule has 52 heavy (non-hydrogen) atoms. The van der Waals surface area contributed by atoms with Gasteiger partial charge < -0.3 is 9.80 Å². The molecule has 0 saturated heterocycles. The van der Waals surface area contributed by atoms with Gasteiger partial charge in [-0.25, -0.2) is 0 Å². The molecule has 0 N–H and O–H groups in total. The minimum absolute atomic E-state index is 0.582. The lowest BCUT2D eigenvalue weighted by Crippen LogP contribution is -2.49. The minimum atomic E-state index is -0.592. The fourth-order valence-corrected chi connectivity index (χ4v) is 9.84. The van der Waals surface area contributed by atoms with Crippen LogP contribution in [0.2, 0.25) is 0 Å². The molecule has 8 aromatic rings. The summed E-state index contributed by atoms with van der Waals surface area (Å²) >= 11 is 0. The van der Waals surface area contributed by atoms with E-state index < -0.39 is 10.8 Å². The van der Waals surface area contributed by atoms with E-state index >= 15 is 0 Å². The second-order valence-electron chi connectivity index (χ2n) is 13.9. The maximum Gasteiger partial charge on any atom is 0.0748 e. The van der Waals surface area contributed by atoms with E-state index in [9.17, 15) is 0 Å². The zero-order valence-electron chi connectivity index (χ0n) is 28.4. The Labute approximate surface area is 303 Å². The first kappa shape index (κ1) is 29.1. The summed E-state index contributed by atoms with van der Waals surface area (Å²) in [6.07, 6.45) is 3.82. The number of nitrogens with zero attached hydrogens (tertiary/aromatic N) is 3. The topological polar surface area (TPSA) is 19.4 Å². The Bertz CT molecular complexity index is 2330. The molecular formula is C49H33N3. The molecule has 2 spiro atoms. The first-order valence-electron chi connectivity index (χ1n) is 18.0. The third-order valence-corrected chi connectivity index (χ3v) is 11.6. The Morgan fingerprint density at radius 2 is 0.596 bits per heavy atom.